The zero-order valence-corrected chi connectivity index (χ0v) is 9.85. The predicted octanol–water partition coefficient (Wildman–Crippen LogP) is 1.49. The fraction of sp³-hybridized carbons (Fsp3) is 0.400. The molecule has 0 saturated carbocycles. The maximum absolute atomic E-state index is 13.3. The summed E-state index contributed by atoms with van der Waals surface area (Å²) < 4.78 is 39.0. The van der Waals surface area contributed by atoms with Crippen LogP contribution < -0.4 is 10.5 Å². The Bertz CT molecular complexity index is 460. The maximum Gasteiger partial charge on any atom is 0.243 e. The van der Waals surface area contributed by atoms with Crippen molar-refractivity contribution >= 4 is 15.7 Å². The molecule has 6 heteroatoms. The standard InChI is InChI=1S/C10H15FN2O2S/c1-2-3-6-13-16(14,15)10-7-8(12)4-5-9(10)11/h4-5,7,13H,2-3,6,12H2,1H3. The lowest BCUT2D eigenvalue weighted by Crippen LogP contribution is -2.25. The summed E-state index contributed by atoms with van der Waals surface area (Å²) in [7, 11) is -3.79. The van der Waals surface area contributed by atoms with Crippen molar-refractivity contribution in [2.75, 3.05) is 12.3 Å². The monoisotopic (exact) mass is 246 g/mol. The Morgan fingerprint density at radius 3 is 2.75 bits per heavy atom. The molecule has 1 aromatic rings. The molecule has 1 rings (SSSR count). The van der Waals surface area contributed by atoms with Gasteiger partial charge in [0.25, 0.3) is 0 Å². The molecule has 0 aromatic heterocycles. The van der Waals surface area contributed by atoms with E-state index in [4.69, 9.17) is 5.73 Å². The van der Waals surface area contributed by atoms with Gasteiger partial charge in [0.05, 0.1) is 0 Å². The SMILES string of the molecule is CCCCNS(=O)(=O)c1cc(N)ccc1F. The van der Waals surface area contributed by atoms with Crippen molar-refractivity contribution in [3.63, 3.8) is 0 Å². The van der Waals surface area contributed by atoms with Crippen LogP contribution in [-0.4, -0.2) is 15.0 Å². The van der Waals surface area contributed by atoms with Crippen LogP contribution in [-0.2, 0) is 10.0 Å². The number of benzene rings is 1. The van der Waals surface area contributed by atoms with E-state index in [-0.39, 0.29) is 5.69 Å². The minimum Gasteiger partial charge on any atom is -0.399 e. The average Bonchev–Trinajstić information content (AvgIpc) is 2.22. The second kappa shape index (κ2) is 5.27. The Hall–Kier alpha value is -1.14. The Morgan fingerprint density at radius 1 is 1.44 bits per heavy atom. The molecule has 0 atom stereocenters. The van der Waals surface area contributed by atoms with Crippen molar-refractivity contribution in [2.24, 2.45) is 0 Å². The van der Waals surface area contributed by atoms with Crippen molar-refractivity contribution < 1.29 is 12.8 Å². The number of hydrogen-bond donors (Lipinski definition) is 2. The summed E-state index contributed by atoms with van der Waals surface area (Å²) in [5.41, 5.74) is 5.64. The van der Waals surface area contributed by atoms with Gasteiger partial charge in [-0.3, -0.25) is 0 Å². The van der Waals surface area contributed by atoms with E-state index < -0.39 is 20.7 Å². The third-order valence-electron chi connectivity index (χ3n) is 2.07. The van der Waals surface area contributed by atoms with Crippen LogP contribution in [0.1, 0.15) is 19.8 Å². The lowest BCUT2D eigenvalue weighted by Gasteiger charge is -2.07. The summed E-state index contributed by atoms with van der Waals surface area (Å²) in [6.45, 7) is 2.24. The molecular formula is C10H15FN2O2S. The minimum atomic E-state index is -3.79. The first kappa shape index (κ1) is 12.9. The lowest BCUT2D eigenvalue weighted by atomic mass is 10.3. The second-order valence-corrected chi connectivity index (χ2v) is 5.18. The van der Waals surface area contributed by atoms with Crippen molar-refractivity contribution in [1.29, 1.82) is 0 Å². The van der Waals surface area contributed by atoms with Gasteiger partial charge in [-0.1, -0.05) is 13.3 Å². The lowest BCUT2D eigenvalue weighted by molar-refractivity contribution is 0.555. The van der Waals surface area contributed by atoms with Crippen LogP contribution in [0.5, 0.6) is 0 Å². The molecule has 16 heavy (non-hydrogen) atoms. The highest BCUT2D eigenvalue weighted by Gasteiger charge is 2.18. The summed E-state index contributed by atoms with van der Waals surface area (Å²) in [6, 6.07) is 3.48. The van der Waals surface area contributed by atoms with Crippen molar-refractivity contribution in [1.82, 2.24) is 4.72 Å². The normalized spacial score (nSPS) is 11.6. The minimum absolute atomic E-state index is 0.220. The molecule has 0 aliphatic heterocycles. The molecular weight excluding hydrogens is 231 g/mol. The zero-order chi connectivity index (χ0) is 12.2. The van der Waals surface area contributed by atoms with E-state index in [9.17, 15) is 12.8 Å². The van der Waals surface area contributed by atoms with Gasteiger partial charge in [-0.05, 0) is 24.6 Å². The zero-order valence-electron chi connectivity index (χ0n) is 9.03. The van der Waals surface area contributed by atoms with Gasteiger partial charge in [0, 0.05) is 12.2 Å². The Kier molecular flexibility index (Phi) is 4.26. The van der Waals surface area contributed by atoms with Crippen molar-refractivity contribution in [3.05, 3.63) is 24.0 Å². The van der Waals surface area contributed by atoms with Gasteiger partial charge in [0.2, 0.25) is 10.0 Å². The van der Waals surface area contributed by atoms with Gasteiger partial charge in [-0.25, -0.2) is 17.5 Å². The number of rotatable bonds is 5. The molecule has 0 aliphatic rings. The topological polar surface area (TPSA) is 72.2 Å². The Balaban J connectivity index is 2.93. The van der Waals surface area contributed by atoms with E-state index in [1.165, 1.54) is 6.07 Å². The highest BCUT2D eigenvalue weighted by Crippen LogP contribution is 2.17. The van der Waals surface area contributed by atoms with E-state index in [1.807, 2.05) is 6.92 Å². The van der Waals surface area contributed by atoms with Crippen molar-refractivity contribution in [3.8, 4) is 0 Å². The van der Waals surface area contributed by atoms with Gasteiger partial charge in [0.1, 0.15) is 10.7 Å². The summed E-state index contributed by atoms with van der Waals surface area (Å²) >= 11 is 0. The second-order valence-electron chi connectivity index (χ2n) is 3.44. The Labute approximate surface area is 94.7 Å². The molecule has 0 saturated heterocycles. The van der Waals surface area contributed by atoms with E-state index in [1.54, 1.807) is 0 Å². The number of nitrogens with one attached hydrogen (secondary N) is 1. The molecule has 90 valence electrons. The number of nitrogen functional groups attached to an aromatic ring is 1. The number of hydrogen-bond acceptors (Lipinski definition) is 3. The number of unbranched alkanes of at least 4 members (excludes halogenated alkanes) is 1. The van der Waals surface area contributed by atoms with E-state index in [2.05, 4.69) is 4.72 Å². The maximum atomic E-state index is 13.3. The van der Waals surface area contributed by atoms with Crippen LogP contribution in [0.2, 0.25) is 0 Å². The third kappa shape index (κ3) is 3.18. The van der Waals surface area contributed by atoms with Gasteiger partial charge >= 0.3 is 0 Å². The van der Waals surface area contributed by atoms with E-state index in [0.29, 0.717) is 13.0 Å². The summed E-state index contributed by atoms with van der Waals surface area (Å²) in [5, 5.41) is 0. The van der Waals surface area contributed by atoms with Gasteiger partial charge < -0.3 is 5.73 Å². The number of sulfonamides is 1. The summed E-state index contributed by atoms with van der Waals surface area (Å²) in [6.07, 6.45) is 1.57. The molecule has 0 aliphatic carbocycles. The quantitative estimate of drug-likeness (QED) is 0.610. The smallest absolute Gasteiger partial charge is 0.243 e. The van der Waals surface area contributed by atoms with E-state index in [0.717, 1.165) is 18.6 Å². The molecule has 0 unspecified atom stereocenters. The largest absolute Gasteiger partial charge is 0.399 e. The van der Waals surface area contributed by atoms with Crippen molar-refractivity contribution in [2.45, 2.75) is 24.7 Å². The number of anilines is 1. The van der Waals surface area contributed by atoms with Crippen LogP contribution in [0.4, 0.5) is 10.1 Å². The highest BCUT2D eigenvalue weighted by molar-refractivity contribution is 7.89. The summed E-state index contributed by atoms with van der Waals surface area (Å²) in [4.78, 5) is -0.399. The first-order valence-electron chi connectivity index (χ1n) is 5.02. The van der Waals surface area contributed by atoms with Crippen LogP contribution in [0.3, 0.4) is 0 Å². The molecule has 0 heterocycles. The van der Waals surface area contributed by atoms with E-state index >= 15 is 0 Å². The molecule has 0 amide bonds. The van der Waals surface area contributed by atoms with Crippen LogP contribution in [0.15, 0.2) is 23.1 Å². The first-order chi connectivity index (χ1) is 7.47. The van der Waals surface area contributed by atoms with Crippen LogP contribution in [0.25, 0.3) is 0 Å². The molecule has 0 spiro atoms. The first-order valence-corrected chi connectivity index (χ1v) is 6.50. The molecule has 0 bridgehead atoms. The fourth-order valence-corrected chi connectivity index (χ4v) is 2.37. The molecule has 1 aromatic carbocycles. The number of nitrogens with two attached hydrogens (primary N) is 1. The molecule has 0 radical (unpaired) electrons. The predicted molar refractivity (Wildman–Crippen MR) is 60.9 cm³/mol. The van der Waals surface area contributed by atoms with Gasteiger partial charge in [-0.2, -0.15) is 0 Å². The average molecular weight is 246 g/mol. The summed E-state index contributed by atoms with van der Waals surface area (Å²) in [5.74, 6) is -0.793. The van der Waals surface area contributed by atoms with Gasteiger partial charge in [-0.15, -0.1) is 0 Å². The molecule has 4 nitrogen and oxygen atoms in total. The number of halogens is 1. The molecule has 0 fully saturated rings. The van der Waals surface area contributed by atoms with Gasteiger partial charge in [0.15, 0.2) is 0 Å². The van der Waals surface area contributed by atoms with Crippen LogP contribution >= 0.6 is 0 Å². The third-order valence-corrected chi connectivity index (χ3v) is 3.54. The Morgan fingerprint density at radius 2 is 2.12 bits per heavy atom. The molecule has 3 N–H and O–H groups in total. The fourth-order valence-electron chi connectivity index (χ4n) is 1.19. The highest BCUT2D eigenvalue weighted by atomic mass is 32.2. The van der Waals surface area contributed by atoms with Crippen LogP contribution in [0, 0.1) is 5.82 Å².